The van der Waals surface area contributed by atoms with Gasteiger partial charge in [-0.2, -0.15) is 0 Å². The molecule has 1 aromatic heterocycles. The Hall–Kier alpha value is -1.16. The Bertz CT molecular complexity index is 432. The Balaban J connectivity index is 1.70. The fourth-order valence-corrected chi connectivity index (χ4v) is 3.30. The molecule has 104 valence electrons. The van der Waals surface area contributed by atoms with Gasteiger partial charge in [-0.15, -0.1) is 0 Å². The lowest BCUT2D eigenvalue weighted by atomic mass is 10.1. The molecular formula is C15H24N4. The van der Waals surface area contributed by atoms with Gasteiger partial charge in [0.2, 0.25) is 0 Å². The quantitative estimate of drug-likeness (QED) is 0.846. The Morgan fingerprint density at radius 3 is 2.95 bits per heavy atom. The molecular weight excluding hydrogens is 236 g/mol. The Kier molecular flexibility index (Phi) is 3.97. The van der Waals surface area contributed by atoms with Gasteiger partial charge in [-0.05, 0) is 52.1 Å². The van der Waals surface area contributed by atoms with E-state index in [1.165, 1.54) is 49.9 Å². The number of fused-ring (bicyclic) bond motifs is 1. The van der Waals surface area contributed by atoms with Crippen LogP contribution < -0.4 is 5.32 Å². The smallest absolute Gasteiger partial charge is 0.132 e. The summed E-state index contributed by atoms with van der Waals surface area (Å²) in [6.07, 6.45) is 10.5. The van der Waals surface area contributed by atoms with Crippen LogP contribution >= 0.6 is 0 Å². The Morgan fingerprint density at radius 1 is 1.21 bits per heavy atom. The summed E-state index contributed by atoms with van der Waals surface area (Å²) in [5, 5.41) is 3.58. The van der Waals surface area contributed by atoms with Crippen LogP contribution in [0.5, 0.6) is 0 Å². The molecule has 1 aliphatic heterocycles. The first-order chi connectivity index (χ1) is 9.34. The summed E-state index contributed by atoms with van der Waals surface area (Å²) in [5.41, 5.74) is 2.65. The van der Waals surface area contributed by atoms with E-state index in [2.05, 4.69) is 27.2 Å². The lowest BCUT2D eigenvalue weighted by molar-refractivity contribution is 0.322. The minimum atomic E-state index is 0.663. The van der Waals surface area contributed by atoms with Gasteiger partial charge in [-0.25, -0.2) is 9.97 Å². The van der Waals surface area contributed by atoms with Crippen LogP contribution in [0.15, 0.2) is 6.33 Å². The third kappa shape index (κ3) is 2.89. The zero-order valence-electron chi connectivity index (χ0n) is 11.9. The van der Waals surface area contributed by atoms with E-state index in [1.807, 2.05) is 0 Å². The standard InChI is InChI=1S/C15H24N4/c1-19-9-5-6-12(19)10-16-15-13-7-3-2-4-8-14(13)17-11-18-15/h11-12H,2-10H2,1H3,(H,16,17,18). The second-order valence-corrected chi connectivity index (χ2v) is 5.87. The van der Waals surface area contributed by atoms with Crippen molar-refractivity contribution in [2.75, 3.05) is 25.5 Å². The highest BCUT2D eigenvalue weighted by Crippen LogP contribution is 2.24. The molecule has 0 saturated carbocycles. The number of nitrogens with zero attached hydrogens (tertiary/aromatic N) is 3. The van der Waals surface area contributed by atoms with Crippen molar-refractivity contribution in [1.29, 1.82) is 0 Å². The predicted octanol–water partition coefficient (Wildman–Crippen LogP) is 2.25. The maximum absolute atomic E-state index is 4.48. The molecule has 4 nitrogen and oxygen atoms in total. The maximum Gasteiger partial charge on any atom is 0.132 e. The van der Waals surface area contributed by atoms with Crippen molar-refractivity contribution < 1.29 is 0 Å². The van der Waals surface area contributed by atoms with E-state index in [4.69, 9.17) is 0 Å². The topological polar surface area (TPSA) is 41.0 Å². The second-order valence-electron chi connectivity index (χ2n) is 5.87. The lowest BCUT2D eigenvalue weighted by Crippen LogP contribution is -2.32. The van der Waals surface area contributed by atoms with Gasteiger partial charge in [0.05, 0.1) is 0 Å². The summed E-state index contributed by atoms with van der Waals surface area (Å²) in [7, 11) is 2.22. The summed E-state index contributed by atoms with van der Waals surface area (Å²) in [6.45, 7) is 2.24. The molecule has 3 rings (SSSR count). The molecule has 1 unspecified atom stereocenters. The van der Waals surface area contributed by atoms with Crippen molar-refractivity contribution in [1.82, 2.24) is 14.9 Å². The SMILES string of the molecule is CN1CCCC1CNc1ncnc2c1CCCCC2. The maximum atomic E-state index is 4.48. The van der Waals surface area contributed by atoms with Crippen LogP contribution in [-0.4, -0.2) is 41.0 Å². The number of likely N-dealkylation sites (N-methyl/N-ethyl adjacent to an activating group) is 1. The van der Waals surface area contributed by atoms with Crippen molar-refractivity contribution in [3.8, 4) is 0 Å². The fraction of sp³-hybridized carbons (Fsp3) is 0.733. The highest BCUT2D eigenvalue weighted by molar-refractivity contribution is 5.46. The molecule has 0 spiro atoms. The van der Waals surface area contributed by atoms with Crippen molar-refractivity contribution in [3.63, 3.8) is 0 Å². The molecule has 4 heteroatoms. The number of rotatable bonds is 3. The zero-order valence-corrected chi connectivity index (χ0v) is 11.9. The van der Waals surface area contributed by atoms with Gasteiger partial charge in [-0.3, -0.25) is 0 Å². The average molecular weight is 260 g/mol. The van der Waals surface area contributed by atoms with E-state index < -0.39 is 0 Å². The molecule has 0 radical (unpaired) electrons. The first-order valence-electron chi connectivity index (χ1n) is 7.61. The molecule has 1 fully saturated rings. The van der Waals surface area contributed by atoms with Crippen LogP contribution in [0, 0.1) is 0 Å². The highest BCUT2D eigenvalue weighted by atomic mass is 15.2. The number of likely N-dealkylation sites (tertiary alicyclic amines) is 1. The van der Waals surface area contributed by atoms with Gasteiger partial charge in [0.25, 0.3) is 0 Å². The molecule has 1 atom stereocenters. The van der Waals surface area contributed by atoms with Crippen LogP contribution in [-0.2, 0) is 12.8 Å². The summed E-state index contributed by atoms with van der Waals surface area (Å²) in [5.74, 6) is 1.09. The monoisotopic (exact) mass is 260 g/mol. The molecule has 1 aromatic rings. The summed E-state index contributed by atoms with van der Waals surface area (Å²) in [6, 6.07) is 0.663. The minimum absolute atomic E-state index is 0.663. The van der Waals surface area contributed by atoms with Crippen molar-refractivity contribution in [3.05, 3.63) is 17.6 Å². The molecule has 2 heterocycles. The molecule has 1 saturated heterocycles. The molecule has 0 bridgehead atoms. The van der Waals surface area contributed by atoms with Crippen LogP contribution in [0.2, 0.25) is 0 Å². The first-order valence-corrected chi connectivity index (χ1v) is 7.61. The third-order valence-electron chi connectivity index (χ3n) is 4.55. The number of nitrogens with one attached hydrogen (secondary N) is 1. The zero-order chi connectivity index (χ0) is 13.1. The molecule has 1 aliphatic carbocycles. The Labute approximate surface area is 115 Å². The van der Waals surface area contributed by atoms with E-state index in [0.29, 0.717) is 6.04 Å². The van der Waals surface area contributed by atoms with E-state index in [-0.39, 0.29) is 0 Å². The van der Waals surface area contributed by atoms with Crippen LogP contribution in [0.1, 0.15) is 43.4 Å². The van der Waals surface area contributed by atoms with Crippen LogP contribution in [0.4, 0.5) is 5.82 Å². The molecule has 0 amide bonds. The van der Waals surface area contributed by atoms with Gasteiger partial charge in [0.15, 0.2) is 0 Å². The highest BCUT2D eigenvalue weighted by Gasteiger charge is 2.21. The second kappa shape index (κ2) is 5.87. The predicted molar refractivity (Wildman–Crippen MR) is 77.4 cm³/mol. The molecule has 0 aromatic carbocycles. The van der Waals surface area contributed by atoms with Gasteiger partial charge >= 0.3 is 0 Å². The molecule has 19 heavy (non-hydrogen) atoms. The number of aromatic nitrogens is 2. The normalized spacial score (nSPS) is 23.9. The van der Waals surface area contributed by atoms with Gasteiger partial charge < -0.3 is 10.2 Å². The number of hydrogen-bond acceptors (Lipinski definition) is 4. The molecule has 2 aliphatic rings. The summed E-state index contributed by atoms with van der Waals surface area (Å²) in [4.78, 5) is 11.4. The average Bonchev–Trinajstić information content (AvgIpc) is 2.69. The largest absolute Gasteiger partial charge is 0.368 e. The van der Waals surface area contributed by atoms with Crippen LogP contribution in [0.25, 0.3) is 0 Å². The van der Waals surface area contributed by atoms with Gasteiger partial charge in [-0.1, -0.05) is 6.42 Å². The van der Waals surface area contributed by atoms with Gasteiger partial charge in [0, 0.05) is 23.8 Å². The van der Waals surface area contributed by atoms with Gasteiger partial charge in [0.1, 0.15) is 12.1 Å². The van der Waals surface area contributed by atoms with Crippen molar-refractivity contribution >= 4 is 5.82 Å². The minimum Gasteiger partial charge on any atom is -0.368 e. The number of anilines is 1. The first kappa shape index (κ1) is 12.9. The Morgan fingerprint density at radius 2 is 2.11 bits per heavy atom. The summed E-state index contributed by atoms with van der Waals surface area (Å²) >= 11 is 0. The van der Waals surface area contributed by atoms with Crippen molar-refractivity contribution in [2.45, 2.75) is 51.0 Å². The van der Waals surface area contributed by atoms with E-state index in [1.54, 1.807) is 6.33 Å². The third-order valence-corrected chi connectivity index (χ3v) is 4.55. The van der Waals surface area contributed by atoms with Crippen LogP contribution in [0.3, 0.4) is 0 Å². The van der Waals surface area contributed by atoms with Crippen molar-refractivity contribution in [2.24, 2.45) is 0 Å². The fourth-order valence-electron chi connectivity index (χ4n) is 3.30. The van der Waals surface area contributed by atoms with E-state index in [0.717, 1.165) is 25.2 Å². The van der Waals surface area contributed by atoms with E-state index in [9.17, 15) is 0 Å². The number of aryl methyl sites for hydroxylation is 1. The molecule has 1 N–H and O–H groups in total. The number of hydrogen-bond donors (Lipinski definition) is 1. The summed E-state index contributed by atoms with van der Waals surface area (Å²) < 4.78 is 0. The lowest BCUT2D eigenvalue weighted by Gasteiger charge is -2.21. The van der Waals surface area contributed by atoms with E-state index >= 15 is 0 Å².